The number of carbonyl (C=O) groups is 2. The van der Waals surface area contributed by atoms with Crippen molar-refractivity contribution in [2.24, 2.45) is 0 Å². The molecule has 0 heterocycles. The quantitative estimate of drug-likeness (QED) is 0.483. The van der Waals surface area contributed by atoms with E-state index in [0.29, 0.717) is 11.3 Å². The predicted octanol–water partition coefficient (Wildman–Crippen LogP) is 5.06. The lowest BCUT2D eigenvalue weighted by molar-refractivity contribution is -0.113. The average Bonchev–Trinajstić information content (AvgIpc) is 2.75. The lowest BCUT2D eigenvalue weighted by Gasteiger charge is -2.13. The molecular weight excluding hydrogens is 461 g/mol. The first-order valence-electron chi connectivity index (χ1n) is 9.45. The first-order chi connectivity index (χ1) is 14.8. The molecule has 5 nitrogen and oxygen atoms in total. The van der Waals surface area contributed by atoms with Gasteiger partial charge in [-0.15, -0.1) is 0 Å². The molecule has 0 aliphatic carbocycles. The van der Waals surface area contributed by atoms with Gasteiger partial charge in [0.15, 0.2) is 0 Å². The van der Waals surface area contributed by atoms with Crippen LogP contribution in [0.4, 0.5) is 15.8 Å². The number of rotatable bonds is 6. The summed E-state index contributed by atoms with van der Waals surface area (Å²) in [7, 11) is 3.85. The molecule has 31 heavy (non-hydrogen) atoms. The number of hydrogen-bond donors (Lipinski definition) is 2. The van der Waals surface area contributed by atoms with Crippen LogP contribution < -0.4 is 15.5 Å². The summed E-state index contributed by atoms with van der Waals surface area (Å²) >= 11 is 3.35. The summed E-state index contributed by atoms with van der Waals surface area (Å²) < 4.78 is 14.9. The number of hydrogen-bond acceptors (Lipinski definition) is 3. The molecule has 0 atom stereocenters. The smallest absolute Gasteiger partial charge is 0.272 e. The maximum atomic E-state index is 14.0. The Hall–Kier alpha value is -3.45. The monoisotopic (exact) mass is 481 g/mol. The molecule has 0 radical (unpaired) electrons. The SMILES string of the molecule is CN(C)c1ccc(C=C(NC(=O)c2ccccc2F)C(=O)Nc2ccc(Br)cc2)cc1. The van der Waals surface area contributed by atoms with Crippen molar-refractivity contribution in [1.29, 1.82) is 0 Å². The Morgan fingerprint density at radius 3 is 2.19 bits per heavy atom. The average molecular weight is 482 g/mol. The Bertz CT molecular complexity index is 1110. The molecule has 0 aliphatic rings. The zero-order chi connectivity index (χ0) is 22.4. The molecule has 2 amide bonds. The second-order valence-corrected chi connectivity index (χ2v) is 7.85. The third-order valence-corrected chi connectivity index (χ3v) is 4.96. The fourth-order valence-electron chi connectivity index (χ4n) is 2.76. The fourth-order valence-corrected chi connectivity index (χ4v) is 3.02. The van der Waals surface area contributed by atoms with Gasteiger partial charge in [0.2, 0.25) is 0 Å². The highest BCUT2D eigenvalue weighted by atomic mass is 79.9. The van der Waals surface area contributed by atoms with Crippen molar-refractivity contribution >= 4 is 45.2 Å². The molecule has 0 fully saturated rings. The van der Waals surface area contributed by atoms with Crippen LogP contribution in [-0.2, 0) is 4.79 Å². The van der Waals surface area contributed by atoms with Crippen molar-refractivity contribution in [1.82, 2.24) is 5.32 Å². The summed E-state index contributed by atoms with van der Waals surface area (Å²) in [5.74, 6) is -1.90. The topological polar surface area (TPSA) is 61.4 Å². The lowest BCUT2D eigenvalue weighted by atomic mass is 10.1. The molecular formula is C24H21BrFN3O2. The molecule has 0 aromatic heterocycles. The molecule has 0 unspecified atom stereocenters. The maximum Gasteiger partial charge on any atom is 0.272 e. The van der Waals surface area contributed by atoms with Gasteiger partial charge >= 0.3 is 0 Å². The molecule has 0 aliphatic heterocycles. The normalized spacial score (nSPS) is 11.0. The summed E-state index contributed by atoms with van der Waals surface area (Å²) in [5.41, 5.74) is 2.11. The highest BCUT2D eigenvalue weighted by Gasteiger charge is 2.17. The van der Waals surface area contributed by atoms with Crippen LogP contribution in [0.15, 0.2) is 83.0 Å². The van der Waals surface area contributed by atoms with Crippen LogP contribution in [0.25, 0.3) is 6.08 Å². The number of benzene rings is 3. The zero-order valence-electron chi connectivity index (χ0n) is 17.0. The van der Waals surface area contributed by atoms with Crippen LogP contribution in [0.1, 0.15) is 15.9 Å². The number of amides is 2. The van der Waals surface area contributed by atoms with E-state index in [4.69, 9.17) is 0 Å². The zero-order valence-corrected chi connectivity index (χ0v) is 18.6. The third kappa shape index (κ3) is 6.02. The Morgan fingerprint density at radius 2 is 1.58 bits per heavy atom. The van der Waals surface area contributed by atoms with E-state index in [1.54, 1.807) is 36.4 Å². The third-order valence-electron chi connectivity index (χ3n) is 4.43. The highest BCUT2D eigenvalue weighted by Crippen LogP contribution is 2.17. The minimum atomic E-state index is -0.708. The van der Waals surface area contributed by atoms with Crippen molar-refractivity contribution < 1.29 is 14.0 Å². The molecule has 0 bridgehead atoms. The highest BCUT2D eigenvalue weighted by molar-refractivity contribution is 9.10. The number of nitrogens with one attached hydrogen (secondary N) is 2. The lowest BCUT2D eigenvalue weighted by Crippen LogP contribution is -2.31. The summed E-state index contributed by atoms with van der Waals surface area (Å²) in [6, 6.07) is 20.1. The van der Waals surface area contributed by atoms with Crippen molar-refractivity contribution in [3.63, 3.8) is 0 Å². The predicted molar refractivity (Wildman–Crippen MR) is 125 cm³/mol. The van der Waals surface area contributed by atoms with E-state index in [1.807, 2.05) is 43.3 Å². The van der Waals surface area contributed by atoms with Gasteiger partial charge in [-0.05, 0) is 60.2 Å². The van der Waals surface area contributed by atoms with Crippen molar-refractivity contribution in [2.45, 2.75) is 0 Å². The molecule has 3 aromatic rings. The molecule has 0 saturated heterocycles. The first kappa shape index (κ1) is 22.2. The van der Waals surface area contributed by atoms with Gasteiger partial charge in [-0.2, -0.15) is 0 Å². The minimum absolute atomic E-state index is 0.00576. The summed E-state index contributed by atoms with van der Waals surface area (Å²) in [6.07, 6.45) is 1.55. The first-order valence-corrected chi connectivity index (χ1v) is 10.2. The molecule has 7 heteroatoms. The van der Waals surface area contributed by atoms with Crippen LogP contribution in [0.2, 0.25) is 0 Å². The summed E-state index contributed by atoms with van der Waals surface area (Å²) in [6.45, 7) is 0. The van der Waals surface area contributed by atoms with Crippen LogP contribution in [-0.4, -0.2) is 25.9 Å². The van der Waals surface area contributed by atoms with Gasteiger partial charge in [-0.3, -0.25) is 9.59 Å². The van der Waals surface area contributed by atoms with Gasteiger partial charge < -0.3 is 15.5 Å². The Morgan fingerprint density at radius 1 is 0.935 bits per heavy atom. The molecule has 0 saturated carbocycles. The minimum Gasteiger partial charge on any atom is -0.378 e. The van der Waals surface area contributed by atoms with Crippen LogP contribution in [0.5, 0.6) is 0 Å². The summed E-state index contributed by atoms with van der Waals surface area (Å²) in [4.78, 5) is 27.5. The largest absolute Gasteiger partial charge is 0.378 e. The maximum absolute atomic E-state index is 14.0. The van der Waals surface area contributed by atoms with Crippen LogP contribution >= 0.6 is 15.9 Å². The Labute approximate surface area is 188 Å². The van der Waals surface area contributed by atoms with Crippen LogP contribution in [0.3, 0.4) is 0 Å². The number of halogens is 2. The second-order valence-electron chi connectivity index (χ2n) is 6.94. The second kappa shape index (κ2) is 10.0. The molecule has 0 spiro atoms. The Kier molecular flexibility index (Phi) is 7.20. The van der Waals surface area contributed by atoms with E-state index >= 15 is 0 Å². The van der Waals surface area contributed by atoms with Gasteiger partial charge in [0, 0.05) is 29.9 Å². The van der Waals surface area contributed by atoms with E-state index in [-0.39, 0.29) is 11.3 Å². The van der Waals surface area contributed by atoms with Gasteiger partial charge in [0.25, 0.3) is 11.8 Å². The van der Waals surface area contributed by atoms with E-state index in [1.165, 1.54) is 18.2 Å². The van der Waals surface area contributed by atoms with E-state index in [0.717, 1.165) is 10.2 Å². The molecule has 3 rings (SSSR count). The van der Waals surface area contributed by atoms with Crippen LogP contribution in [0, 0.1) is 5.82 Å². The van der Waals surface area contributed by atoms with E-state index in [2.05, 4.69) is 26.6 Å². The number of nitrogens with zero attached hydrogens (tertiary/aromatic N) is 1. The van der Waals surface area contributed by atoms with Crippen molar-refractivity contribution in [3.05, 3.63) is 99.9 Å². The molecule has 2 N–H and O–H groups in total. The number of anilines is 2. The van der Waals surface area contributed by atoms with Crippen molar-refractivity contribution in [3.8, 4) is 0 Å². The Balaban J connectivity index is 1.90. The number of carbonyl (C=O) groups excluding carboxylic acids is 2. The molecule has 3 aromatic carbocycles. The summed E-state index contributed by atoms with van der Waals surface area (Å²) in [5, 5.41) is 5.29. The van der Waals surface area contributed by atoms with Gasteiger partial charge in [0.05, 0.1) is 5.56 Å². The van der Waals surface area contributed by atoms with Gasteiger partial charge in [-0.25, -0.2) is 4.39 Å². The fraction of sp³-hybridized carbons (Fsp3) is 0.0833. The van der Waals surface area contributed by atoms with Gasteiger partial charge in [0.1, 0.15) is 11.5 Å². The standard InChI is InChI=1S/C24H21BrFN3O2/c1-29(2)19-13-7-16(8-14-19)15-22(24(31)27-18-11-9-17(25)10-12-18)28-23(30)20-5-3-4-6-21(20)26/h3-15H,1-2H3,(H,27,31)(H,28,30). The van der Waals surface area contributed by atoms with E-state index < -0.39 is 17.6 Å². The molecule has 158 valence electrons. The van der Waals surface area contributed by atoms with E-state index in [9.17, 15) is 14.0 Å². The van der Waals surface area contributed by atoms with Gasteiger partial charge in [-0.1, -0.05) is 40.2 Å². The van der Waals surface area contributed by atoms with Crippen molar-refractivity contribution in [2.75, 3.05) is 24.3 Å².